The number of thiazole rings is 1. The van der Waals surface area contributed by atoms with E-state index in [9.17, 15) is 9.59 Å². The first kappa shape index (κ1) is 27.4. The van der Waals surface area contributed by atoms with Gasteiger partial charge in [0.05, 0.1) is 41.8 Å². The molecule has 1 aliphatic heterocycles. The lowest BCUT2D eigenvalue weighted by atomic mass is 9.96. The highest BCUT2D eigenvalue weighted by molar-refractivity contribution is 7.07. The topological polar surface area (TPSA) is 87.7 Å². The van der Waals surface area contributed by atoms with Gasteiger partial charge in [-0.1, -0.05) is 65.4 Å². The van der Waals surface area contributed by atoms with Gasteiger partial charge in [0.25, 0.3) is 5.56 Å². The number of carbonyl (C=O) groups is 1. The molecule has 0 bridgehead atoms. The summed E-state index contributed by atoms with van der Waals surface area (Å²) in [6.07, 6.45) is 3.71. The fraction of sp³-hybridized carbons (Fsp3) is 0.125. The molecule has 3 heterocycles. The van der Waals surface area contributed by atoms with Crippen molar-refractivity contribution in [3.05, 3.63) is 132 Å². The van der Waals surface area contributed by atoms with Crippen LogP contribution >= 0.6 is 22.9 Å². The molecule has 0 saturated carbocycles. The Hall–Kier alpha value is -4.73. The van der Waals surface area contributed by atoms with Crippen LogP contribution in [0.3, 0.4) is 0 Å². The number of ether oxygens (including phenoxy) is 2. The number of aromatic nitrogens is 3. The number of halogens is 1. The van der Waals surface area contributed by atoms with E-state index in [2.05, 4.69) is 4.99 Å². The van der Waals surface area contributed by atoms with Gasteiger partial charge < -0.3 is 9.47 Å². The molecule has 2 aromatic heterocycles. The van der Waals surface area contributed by atoms with Gasteiger partial charge in [0.1, 0.15) is 11.4 Å². The first-order chi connectivity index (χ1) is 20.4. The summed E-state index contributed by atoms with van der Waals surface area (Å²) < 4.78 is 14.2. The van der Waals surface area contributed by atoms with E-state index in [-0.39, 0.29) is 5.56 Å². The summed E-state index contributed by atoms with van der Waals surface area (Å²) in [6.45, 7) is 1.75. The molecule has 42 heavy (non-hydrogen) atoms. The fourth-order valence-electron chi connectivity index (χ4n) is 4.97. The number of esters is 1. The lowest BCUT2D eigenvalue weighted by molar-refractivity contribution is -0.136. The van der Waals surface area contributed by atoms with E-state index < -0.39 is 12.0 Å². The van der Waals surface area contributed by atoms with Crippen LogP contribution in [0.5, 0.6) is 5.75 Å². The highest BCUT2D eigenvalue weighted by Crippen LogP contribution is 2.32. The summed E-state index contributed by atoms with van der Waals surface area (Å²) in [6, 6.07) is 23.7. The number of para-hydroxylation sites is 1. The summed E-state index contributed by atoms with van der Waals surface area (Å²) in [5.74, 6) is 0.122. The van der Waals surface area contributed by atoms with Crippen LogP contribution in [0.25, 0.3) is 23.0 Å². The molecule has 5 aromatic rings. The molecule has 1 unspecified atom stereocenters. The monoisotopic (exact) mass is 596 g/mol. The Bertz CT molecular complexity index is 2010. The molecule has 8 nitrogen and oxygen atoms in total. The Morgan fingerprint density at radius 1 is 1.00 bits per heavy atom. The maximum absolute atomic E-state index is 14.1. The van der Waals surface area contributed by atoms with Gasteiger partial charge in [-0.05, 0) is 55.0 Å². The van der Waals surface area contributed by atoms with E-state index in [0.29, 0.717) is 37.1 Å². The smallest absolute Gasteiger partial charge is 0.338 e. The number of hydrogen-bond acceptors (Lipinski definition) is 7. The molecule has 210 valence electrons. The van der Waals surface area contributed by atoms with Crippen LogP contribution in [-0.2, 0) is 9.53 Å². The van der Waals surface area contributed by atoms with Gasteiger partial charge >= 0.3 is 5.97 Å². The van der Waals surface area contributed by atoms with Crippen molar-refractivity contribution < 1.29 is 14.3 Å². The van der Waals surface area contributed by atoms with Crippen LogP contribution in [0.4, 0.5) is 0 Å². The van der Waals surface area contributed by atoms with E-state index in [1.807, 2.05) is 79.0 Å². The number of benzene rings is 3. The minimum absolute atomic E-state index is 0.275. The van der Waals surface area contributed by atoms with E-state index in [4.69, 9.17) is 26.2 Å². The van der Waals surface area contributed by atoms with E-state index in [0.717, 1.165) is 22.4 Å². The summed E-state index contributed by atoms with van der Waals surface area (Å²) in [5, 5.41) is 5.48. The molecule has 0 aliphatic carbocycles. The highest BCUT2D eigenvalue weighted by atomic mass is 35.5. The Labute approximate surface area is 250 Å². The fourth-order valence-corrected chi connectivity index (χ4v) is 6.14. The minimum atomic E-state index is -0.718. The number of hydrogen-bond donors (Lipinski definition) is 0. The molecular weight excluding hydrogens is 572 g/mol. The molecule has 0 radical (unpaired) electrons. The zero-order valence-electron chi connectivity index (χ0n) is 22.9. The number of nitrogens with zero attached hydrogens (tertiary/aromatic N) is 4. The molecule has 0 amide bonds. The number of allylic oxidation sites excluding steroid dienone is 1. The second kappa shape index (κ2) is 11.3. The molecule has 0 saturated heterocycles. The Morgan fingerprint density at radius 2 is 1.71 bits per heavy atom. The molecule has 0 N–H and O–H groups in total. The Balaban J connectivity index is 1.56. The molecule has 1 atom stereocenters. The molecule has 6 rings (SSSR count). The molecule has 3 aromatic carbocycles. The maximum atomic E-state index is 14.1. The standard InChI is InChI=1S/C32H25ClN4O4S/c1-19-27(31(39)41-3)29(21-11-15-25(40-2)16-12-21)37-30(38)26(42-32(37)34-19)17-22-18-36(24-7-5-4-6-8-24)35-28(22)20-9-13-23(33)14-10-20/h4-18,29H,1-3H3/b26-17-. The third-order valence-electron chi connectivity index (χ3n) is 7.03. The number of fused-ring (bicyclic) bond motifs is 1. The van der Waals surface area contributed by atoms with Crippen molar-refractivity contribution in [2.75, 3.05) is 14.2 Å². The van der Waals surface area contributed by atoms with Gasteiger partial charge in [-0.25, -0.2) is 14.5 Å². The number of rotatable bonds is 6. The van der Waals surface area contributed by atoms with E-state index >= 15 is 0 Å². The van der Waals surface area contributed by atoms with Crippen molar-refractivity contribution in [1.82, 2.24) is 14.3 Å². The molecule has 1 aliphatic rings. The lowest BCUT2D eigenvalue weighted by Gasteiger charge is -2.24. The first-order valence-electron chi connectivity index (χ1n) is 13.0. The van der Waals surface area contributed by atoms with Gasteiger partial charge in [0.15, 0.2) is 4.80 Å². The molecule has 0 fully saturated rings. The van der Waals surface area contributed by atoms with Gasteiger partial charge in [-0.15, -0.1) is 0 Å². The second-order valence-electron chi connectivity index (χ2n) is 9.57. The molecule has 0 spiro atoms. The lowest BCUT2D eigenvalue weighted by Crippen LogP contribution is -2.39. The van der Waals surface area contributed by atoms with Crippen molar-refractivity contribution in [3.63, 3.8) is 0 Å². The van der Waals surface area contributed by atoms with E-state index in [1.54, 1.807) is 35.4 Å². The summed E-state index contributed by atoms with van der Waals surface area (Å²) >= 11 is 7.41. The van der Waals surface area contributed by atoms with Crippen molar-refractivity contribution in [3.8, 4) is 22.7 Å². The predicted molar refractivity (Wildman–Crippen MR) is 163 cm³/mol. The number of carbonyl (C=O) groups excluding carboxylic acids is 1. The van der Waals surface area contributed by atoms with Crippen molar-refractivity contribution >= 4 is 35.0 Å². The SMILES string of the molecule is COC(=O)C1=C(C)N=c2s/c(=C\c3cn(-c4ccccc4)nc3-c3ccc(Cl)cc3)c(=O)n2C1c1ccc(OC)cc1. The van der Waals surface area contributed by atoms with Crippen LogP contribution in [0.1, 0.15) is 24.1 Å². The highest BCUT2D eigenvalue weighted by Gasteiger charge is 2.33. The van der Waals surface area contributed by atoms with Gasteiger partial charge in [0, 0.05) is 22.3 Å². The van der Waals surface area contributed by atoms with Crippen LogP contribution in [-0.4, -0.2) is 34.5 Å². The van der Waals surface area contributed by atoms with Crippen molar-refractivity contribution in [2.24, 2.45) is 4.99 Å². The summed E-state index contributed by atoms with van der Waals surface area (Å²) in [5.41, 5.74) is 4.44. The summed E-state index contributed by atoms with van der Waals surface area (Å²) in [7, 11) is 2.90. The van der Waals surface area contributed by atoms with Crippen LogP contribution in [0, 0.1) is 0 Å². The first-order valence-corrected chi connectivity index (χ1v) is 14.2. The van der Waals surface area contributed by atoms with Crippen molar-refractivity contribution in [1.29, 1.82) is 0 Å². The zero-order valence-corrected chi connectivity index (χ0v) is 24.5. The largest absolute Gasteiger partial charge is 0.497 e. The average Bonchev–Trinajstić information content (AvgIpc) is 3.57. The van der Waals surface area contributed by atoms with Crippen LogP contribution in [0.15, 0.2) is 106 Å². The van der Waals surface area contributed by atoms with Crippen LogP contribution < -0.4 is 19.6 Å². The third kappa shape index (κ3) is 4.97. The number of methoxy groups -OCH3 is 2. The Morgan fingerprint density at radius 3 is 2.38 bits per heavy atom. The predicted octanol–water partition coefficient (Wildman–Crippen LogP) is 4.92. The normalized spacial score (nSPS) is 14.9. The zero-order chi connectivity index (χ0) is 29.4. The quantitative estimate of drug-likeness (QED) is 0.260. The van der Waals surface area contributed by atoms with Crippen molar-refractivity contribution in [2.45, 2.75) is 13.0 Å². The van der Waals surface area contributed by atoms with Gasteiger partial charge in [-0.2, -0.15) is 5.10 Å². The average molecular weight is 597 g/mol. The molecular formula is C32H25ClN4O4S. The van der Waals surface area contributed by atoms with Gasteiger partial charge in [-0.3, -0.25) is 9.36 Å². The minimum Gasteiger partial charge on any atom is -0.497 e. The maximum Gasteiger partial charge on any atom is 0.338 e. The molecule has 10 heteroatoms. The van der Waals surface area contributed by atoms with Gasteiger partial charge in [0.2, 0.25) is 0 Å². The second-order valence-corrected chi connectivity index (χ2v) is 11.0. The summed E-state index contributed by atoms with van der Waals surface area (Å²) in [4.78, 5) is 32.2. The van der Waals surface area contributed by atoms with E-state index in [1.165, 1.54) is 18.4 Å². The Kier molecular flexibility index (Phi) is 7.36. The third-order valence-corrected chi connectivity index (χ3v) is 8.26. The van der Waals surface area contributed by atoms with Crippen LogP contribution in [0.2, 0.25) is 5.02 Å².